The summed E-state index contributed by atoms with van der Waals surface area (Å²) in [4.78, 5) is 24.6. The molecule has 1 unspecified atom stereocenters. The van der Waals surface area contributed by atoms with Crippen LogP contribution in [0.4, 0.5) is 5.69 Å². The molecule has 3 aromatic rings. The minimum atomic E-state index is -0.767. The Bertz CT molecular complexity index is 995. The highest BCUT2D eigenvalue weighted by molar-refractivity contribution is 6.40. The first-order chi connectivity index (χ1) is 13.3. The van der Waals surface area contributed by atoms with Crippen molar-refractivity contribution in [3.8, 4) is 0 Å². The van der Waals surface area contributed by atoms with E-state index in [1.807, 2.05) is 32.9 Å². The fourth-order valence-electron chi connectivity index (χ4n) is 2.93. The number of anilines is 1. The first-order valence-electron chi connectivity index (χ1n) is 8.76. The number of hydrogen-bond donors (Lipinski definition) is 2. The minimum absolute atomic E-state index is 0.149. The van der Waals surface area contributed by atoms with Crippen LogP contribution < -0.4 is 10.6 Å². The van der Waals surface area contributed by atoms with Crippen molar-refractivity contribution >= 4 is 29.1 Å². The van der Waals surface area contributed by atoms with Crippen LogP contribution >= 0.6 is 11.6 Å². The van der Waals surface area contributed by atoms with Crippen molar-refractivity contribution in [2.75, 3.05) is 11.9 Å². The summed E-state index contributed by atoms with van der Waals surface area (Å²) >= 11 is 5.95. The van der Waals surface area contributed by atoms with Gasteiger partial charge in [-0.15, -0.1) is 0 Å². The van der Waals surface area contributed by atoms with Crippen molar-refractivity contribution < 1.29 is 14.0 Å². The van der Waals surface area contributed by atoms with Crippen molar-refractivity contribution in [1.29, 1.82) is 0 Å². The van der Waals surface area contributed by atoms with Crippen molar-refractivity contribution in [3.05, 3.63) is 70.4 Å². The summed E-state index contributed by atoms with van der Waals surface area (Å²) in [5.74, 6) is -0.882. The molecule has 0 aliphatic rings. The lowest BCUT2D eigenvalue weighted by Gasteiger charge is -2.18. The third-order valence-electron chi connectivity index (χ3n) is 4.32. The summed E-state index contributed by atoms with van der Waals surface area (Å²) in [6.07, 6.45) is 1.56. The number of amides is 2. The maximum absolute atomic E-state index is 12.3. The van der Waals surface area contributed by atoms with E-state index < -0.39 is 11.8 Å². The van der Waals surface area contributed by atoms with E-state index in [-0.39, 0.29) is 12.6 Å². The summed E-state index contributed by atoms with van der Waals surface area (Å²) in [5.41, 5.74) is 3.08. The van der Waals surface area contributed by atoms with Crippen molar-refractivity contribution in [2.24, 2.45) is 0 Å². The van der Waals surface area contributed by atoms with Gasteiger partial charge in [-0.25, -0.2) is 0 Å². The molecule has 0 spiro atoms. The van der Waals surface area contributed by atoms with Gasteiger partial charge >= 0.3 is 11.8 Å². The molecule has 2 amide bonds. The molecule has 1 aromatic carbocycles. The minimum Gasteiger partial charge on any atom is -0.467 e. The first-order valence-corrected chi connectivity index (χ1v) is 9.14. The number of benzene rings is 1. The molecule has 0 fully saturated rings. The van der Waals surface area contributed by atoms with Crippen LogP contribution in [0.3, 0.4) is 0 Å². The van der Waals surface area contributed by atoms with E-state index in [9.17, 15) is 9.59 Å². The second kappa shape index (κ2) is 8.31. The SMILES string of the molecule is Cc1cc(C)n(C(CNC(=O)C(=O)Nc2cc(Cl)ccc2C)c2ccco2)n1. The predicted molar refractivity (Wildman–Crippen MR) is 106 cm³/mol. The second-order valence-corrected chi connectivity index (χ2v) is 6.96. The number of aromatic nitrogens is 2. The molecule has 2 aromatic heterocycles. The van der Waals surface area contributed by atoms with E-state index in [1.54, 1.807) is 35.2 Å². The Labute approximate surface area is 167 Å². The van der Waals surface area contributed by atoms with Crippen molar-refractivity contribution in [2.45, 2.75) is 26.8 Å². The van der Waals surface area contributed by atoms with Crippen LogP contribution in [0.25, 0.3) is 0 Å². The molecule has 0 bridgehead atoms. The molecule has 0 aliphatic carbocycles. The number of halogens is 1. The smallest absolute Gasteiger partial charge is 0.313 e. The highest BCUT2D eigenvalue weighted by Crippen LogP contribution is 2.21. The van der Waals surface area contributed by atoms with Gasteiger partial charge in [-0.05, 0) is 56.7 Å². The molecule has 2 N–H and O–H groups in total. The topological polar surface area (TPSA) is 89.2 Å². The number of nitrogens with one attached hydrogen (secondary N) is 2. The quantitative estimate of drug-likeness (QED) is 0.642. The van der Waals surface area contributed by atoms with Crippen LogP contribution in [0.5, 0.6) is 0 Å². The number of furan rings is 1. The molecule has 0 saturated heterocycles. The average Bonchev–Trinajstić information content (AvgIpc) is 3.28. The molecule has 0 radical (unpaired) electrons. The Morgan fingerprint density at radius 3 is 2.61 bits per heavy atom. The molecule has 0 saturated carbocycles. The number of rotatable bonds is 5. The van der Waals surface area contributed by atoms with Crippen molar-refractivity contribution in [3.63, 3.8) is 0 Å². The summed E-state index contributed by atoms with van der Waals surface area (Å²) in [6, 6.07) is 10.2. The summed E-state index contributed by atoms with van der Waals surface area (Å²) < 4.78 is 7.28. The Hall–Kier alpha value is -3.06. The Morgan fingerprint density at radius 1 is 1.18 bits per heavy atom. The van der Waals surface area contributed by atoms with Crippen LogP contribution in [0.1, 0.15) is 28.8 Å². The lowest BCUT2D eigenvalue weighted by molar-refractivity contribution is -0.136. The number of aryl methyl sites for hydroxylation is 3. The summed E-state index contributed by atoms with van der Waals surface area (Å²) in [5, 5.41) is 10.2. The summed E-state index contributed by atoms with van der Waals surface area (Å²) in [7, 11) is 0. The van der Waals surface area contributed by atoms with E-state index in [1.165, 1.54) is 0 Å². The Kier molecular flexibility index (Phi) is 5.84. The van der Waals surface area contributed by atoms with Gasteiger partial charge in [0.1, 0.15) is 11.8 Å². The molecular weight excluding hydrogens is 380 g/mol. The maximum Gasteiger partial charge on any atom is 0.313 e. The molecule has 7 nitrogen and oxygen atoms in total. The largest absolute Gasteiger partial charge is 0.467 e. The number of carbonyl (C=O) groups is 2. The maximum atomic E-state index is 12.3. The zero-order valence-electron chi connectivity index (χ0n) is 15.8. The molecule has 146 valence electrons. The van der Waals surface area contributed by atoms with Gasteiger partial charge in [0, 0.05) is 22.9 Å². The van der Waals surface area contributed by atoms with E-state index in [4.69, 9.17) is 16.0 Å². The molecule has 1 atom stereocenters. The van der Waals surface area contributed by atoms with E-state index in [0.29, 0.717) is 16.5 Å². The zero-order chi connectivity index (χ0) is 20.3. The number of carbonyl (C=O) groups excluding carboxylic acids is 2. The molecular formula is C20H21ClN4O3. The third-order valence-corrected chi connectivity index (χ3v) is 4.56. The third kappa shape index (κ3) is 4.43. The van der Waals surface area contributed by atoms with Crippen LogP contribution in [0.2, 0.25) is 5.02 Å². The van der Waals surface area contributed by atoms with Gasteiger partial charge in [0.2, 0.25) is 0 Å². The summed E-state index contributed by atoms with van der Waals surface area (Å²) in [6.45, 7) is 5.78. The predicted octanol–water partition coefficient (Wildman–Crippen LogP) is 3.40. The fraction of sp³-hybridized carbons (Fsp3) is 0.250. The average molecular weight is 401 g/mol. The van der Waals surface area contributed by atoms with Crippen LogP contribution in [-0.4, -0.2) is 28.1 Å². The lowest BCUT2D eigenvalue weighted by Crippen LogP contribution is -2.39. The van der Waals surface area contributed by atoms with Gasteiger partial charge in [0.05, 0.1) is 12.0 Å². The van der Waals surface area contributed by atoms with Gasteiger partial charge in [-0.3, -0.25) is 14.3 Å². The first kappa shape index (κ1) is 19.7. The normalized spacial score (nSPS) is 11.9. The van der Waals surface area contributed by atoms with Gasteiger partial charge in [-0.2, -0.15) is 5.10 Å². The van der Waals surface area contributed by atoms with Crippen LogP contribution in [0.15, 0.2) is 47.1 Å². The number of nitrogens with zero attached hydrogens (tertiary/aromatic N) is 2. The molecule has 28 heavy (non-hydrogen) atoms. The standard InChI is InChI=1S/C20H21ClN4O3/c1-12-6-7-15(21)10-16(12)23-20(27)19(26)22-11-17(18-5-4-8-28-18)25-14(3)9-13(2)24-25/h4-10,17H,11H2,1-3H3,(H,22,26)(H,23,27). The van der Waals surface area contributed by atoms with Gasteiger partial charge in [0.25, 0.3) is 0 Å². The fourth-order valence-corrected chi connectivity index (χ4v) is 3.10. The van der Waals surface area contributed by atoms with E-state index in [0.717, 1.165) is 17.0 Å². The van der Waals surface area contributed by atoms with Gasteiger partial charge in [-0.1, -0.05) is 17.7 Å². The second-order valence-electron chi connectivity index (χ2n) is 6.53. The monoisotopic (exact) mass is 400 g/mol. The zero-order valence-corrected chi connectivity index (χ0v) is 16.6. The molecule has 8 heteroatoms. The lowest BCUT2D eigenvalue weighted by atomic mass is 10.2. The Morgan fingerprint density at radius 2 is 1.96 bits per heavy atom. The number of hydrogen-bond acceptors (Lipinski definition) is 4. The highest BCUT2D eigenvalue weighted by Gasteiger charge is 2.23. The van der Waals surface area contributed by atoms with Crippen LogP contribution in [-0.2, 0) is 9.59 Å². The van der Waals surface area contributed by atoms with Gasteiger partial charge < -0.3 is 15.1 Å². The molecule has 2 heterocycles. The molecule has 3 rings (SSSR count). The Balaban J connectivity index is 1.71. The van der Waals surface area contributed by atoms with E-state index >= 15 is 0 Å². The van der Waals surface area contributed by atoms with Gasteiger partial charge in [0.15, 0.2) is 0 Å². The highest BCUT2D eigenvalue weighted by atomic mass is 35.5. The molecule has 0 aliphatic heterocycles. The van der Waals surface area contributed by atoms with Crippen LogP contribution in [0, 0.1) is 20.8 Å². The van der Waals surface area contributed by atoms with Crippen molar-refractivity contribution in [1.82, 2.24) is 15.1 Å². The van der Waals surface area contributed by atoms with E-state index in [2.05, 4.69) is 15.7 Å².